The summed E-state index contributed by atoms with van der Waals surface area (Å²) in [6.07, 6.45) is 2.22. The lowest BCUT2D eigenvalue weighted by molar-refractivity contribution is -0.465. The van der Waals surface area contributed by atoms with Gasteiger partial charge in [0.25, 0.3) is 11.5 Å². The highest BCUT2D eigenvalue weighted by atomic mass is 16.6. The van der Waals surface area contributed by atoms with E-state index < -0.39 is 4.92 Å². The molecule has 10 nitrogen and oxygen atoms in total. The van der Waals surface area contributed by atoms with E-state index in [1.807, 2.05) is 42.5 Å². The van der Waals surface area contributed by atoms with E-state index in [1.54, 1.807) is 12.1 Å². The van der Waals surface area contributed by atoms with E-state index in [-0.39, 0.29) is 5.69 Å². The van der Waals surface area contributed by atoms with Crippen molar-refractivity contribution in [1.29, 1.82) is 5.26 Å². The number of H-pyrrole nitrogens is 1. The van der Waals surface area contributed by atoms with Crippen molar-refractivity contribution in [2.75, 3.05) is 12.5 Å². The number of nitro groups is 1. The number of aromatic amines is 1. The molecule has 37 heavy (non-hydrogen) atoms. The number of hydrogen-bond acceptors (Lipinski definition) is 7. The molecule has 0 atom stereocenters. The number of hydrazone groups is 1. The van der Waals surface area contributed by atoms with Gasteiger partial charge in [-0.25, -0.2) is 0 Å². The number of aromatic nitrogens is 2. The standard InChI is InChI=1S/C27H22N6O4/c1-4-19-16(2)21(14-28)26-30-22-7-5-6-8-23(22)32(26)27(19)31-29-15-18-10-12-25(37-18)20-13-17(33(34)35)9-11-24(20)36-3/h5-13,15H,4H2,1-3H3,(H,30,31)/p+1. The molecule has 10 heteroatoms. The summed E-state index contributed by atoms with van der Waals surface area (Å²) in [7, 11) is 1.49. The number of nitrogens with one attached hydrogen (secondary N) is 2. The zero-order chi connectivity index (χ0) is 26.1. The minimum Gasteiger partial charge on any atom is -0.496 e. The molecule has 3 heterocycles. The molecule has 0 saturated heterocycles. The molecule has 5 aromatic rings. The third kappa shape index (κ3) is 4.02. The highest BCUT2D eigenvalue weighted by molar-refractivity contribution is 5.80. The first-order valence-electron chi connectivity index (χ1n) is 11.6. The normalized spacial score (nSPS) is 11.3. The van der Waals surface area contributed by atoms with E-state index in [0.29, 0.717) is 40.5 Å². The van der Waals surface area contributed by atoms with Crippen LogP contribution in [0.1, 0.15) is 29.4 Å². The number of para-hydroxylation sites is 2. The molecule has 0 amide bonds. The summed E-state index contributed by atoms with van der Waals surface area (Å²) in [6.45, 7) is 3.97. The highest BCUT2D eigenvalue weighted by Crippen LogP contribution is 2.34. The molecular weight excluding hydrogens is 472 g/mol. The van der Waals surface area contributed by atoms with E-state index in [0.717, 1.165) is 28.0 Å². The van der Waals surface area contributed by atoms with Crippen LogP contribution in [0.25, 0.3) is 28.0 Å². The van der Waals surface area contributed by atoms with E-state index >= 15 is 0 Å². The fourth-order valence-corrected chi connectivity index (χ4v) is 4.54. The number of hydrogen-bond donors (Lipinski definition) is 2. The van der Waals surface area contributed by atoms with Crippen LogP contribution in [0.5, 0.6) is 5.75 Å². The summed E-state index contributed by atoms with van der Waals surface area (Å²) in [5.41, 5.74) is 8.50. The summed E-state index contributed by atoms with van der Waals surface area (Å²) in [6, 6.07) is 17.9. The molecule has 0 fully saturated rings. The zero-order valence-corrected chi connectivity index (χ0v) is 20.4. The molecule has 0 bridgehead atoms. The van der Waals surface area contributed by atoms with Crippen molar-refractivity contribution >= 4 is 34.4 Å². The van der Waals surface area contributed by atoms with Gasteiger partial charge in [-0.1, -0.05) is 19.1 Å². The molecule has 0 unspecified atom stereocenters. The zero-order valence-electron chi connectivity index (χ0n) is 20.4. The van der Waals surface area contributed by atoms with Crippen LogP contribution in [0.4, 0.5) is 11.5 Å². The Morgan fingerprint density at radius 1 is 1.27 bits per heavy atom. The quantitative estimate of drug-likeness (QED) is 0.137. The number of nitriles is 1. The van der Waals surface area contributed by atoms with Crippen LogP contribution in [-0.4, -0.2) is 23.2 Å². The minimum atomic E-state index is -0.466. The van der Waals surface area contributed by atoms with Crippen LogP contribution in [0.15, 0.2) is 64.1 Å². The predicted molar refractivity (Wildman–Crippen MR) is 139 cm³/mol. The van der Waals surface area contributed by atoms with Crippen molar-refractivity contribution in [2.24, 2.45) is 5.10 Å². The van der Waals surface area contributed by atoms with Crippen molar-refractivity contribution < 1.29 is 18.5 Å². The fraction of sp³-hybridized carbons (Fsp3) is 0.148. The Bertz CT molecular complexity index is 1740. The Morgan fingerprint density at radius 3 is 2.81 bits per heavy atom. The predicted octanol–water partition coefficient (Wildman–Crippen LogP) is 5.27. The maximum absolute atomic E-state index is 11.2. The number of furan rings is 1. The maximum Gasteiger partial charge on any atom is 0.270 e. The summed E-state index contributed by atoms with van der Waals surface area (Å²) in [5, 5.41) is 25.5. The first kappa shape index (κ1) is 23.6. The fourth-order valence-electron chi connectivity index (χ4n) is 4.54. The average molecular weight is 496 g/mol. The number of nitro benzene ring substituents is 1. The van der Waals surface area contributed by atoms with Gasteiger partial charge in [0, 0.05) is 17.7 Å². The lowest BCUT2D eigenvalue weighted by Gasteiger charge is -2.10. The minimum absolute atomic E-state index is 0.0628. The number of non-ortho nitro benzene ring substituents is 1. The van der Waals surface area contributed by atoms with E-state index in [9.17, 15) is 15.4 Å². The van der Waals surface area contributed by atoms with Crippen molar-refractivity contribution in [1.82, 2.24) is 4.98 Å². The van der Waals surface area contributed by atoms with Crippen molar-refractivity contribution in [3.63, 3.8) is 0 Å². The summed E-state index contributed by atoms with van der Waals surface area (Å²) < 4.78 is 13.2. The first-order chi connectivity index (χ1) is 18.0. The van der Waals surface area contributed by atoms with Crippen LogP contribution >= 0.6 is 0 Å². The molecule has 2 N–H and O–H groups in total. The van der Waals surface area contributed by atoms with Gasteiger partial charge in [-0.3, -0.25) is 15.1 Å². The summed E-state index contributed by atoms with van der Waals surface area (Å²) >= 11 is 0. The second-order valence-electron chi connectivity index (χ2n) is 8.33. The number of ether oxygens (including phenoxy) is 1. The molecule has 0 saturated carbocycles. The second kappa shape index (κ2) is 9.47. The molecule has 2 aromatic carbocycles. The van der Waals surface area contributed by atoms with Gasteiger partial charge in [0.15, 0.2) is 0 Å². The van der Waals surface area contributed by atoms with Gasteiger partial charge in [0.2, 0.25) is 5.65 Å². The lowest BCUT2D eigenvalue weighted by atomic mass is 10.0. The summed E-state index contributed by atoms with van der Waals surface area (Å²) in [4.78, 5) is 14.1. The van der Waals surface area contributed by atoms with Crippen molar-refractivity contribution in [3.8, 4) is 23.1 Å². The number of rotatable bonds is 7. The van der Waals surface area contributed by atoms with Gasteiger partial charge in [-0.2, -0.15) is 15.1 Å². The van der Waals surface area contributed by atoms with Crippen LogP contribution in [-0.2, 0) is 6.42 Å². The topological polar surface area (TPSA) is 134 Å². The van der Waals surface area contributed by atoms with Gasteiger partial charge < -0.3 is 9.15 Å². The van der Waals surface area contributed by atoms with Gasteiger partial charge >= 0.3 is 0 Å². The second-order valence-corrected chi connectivity index (χ2v) is 8.33. The summed E-state index contributed by atoms with van der Waals surface area (Å²) in [5.74, 6) is 2.06. The van der Waals surface area contributed by atoms with Crippen molar-refractivity contribution in [3.05, 3.63) is 87.2 Å². The molecule has 5 rings (SSSR count). The largest absolute Gasteiger partial charge is 0.496 e. The van der Waals surface area contributed by atoms with Gasteiger partial charge in [0.05, 0.1) is 17.6 Å². The molecule has 0 aliphatic heterocycles. The molecule has 0 spiro atoms. The average Bonchev–Trinajstić information content (AvgIpc) is 3.53. The highest BCUT2D eigenvalue weighted by Gasteiger charge is 2.25. The van der Waals surface area contributed by atoms with E-state index in [1.165, 1.54) is 31.5 Å². The maximum atomic E-state index is 11.2. The van der Waals surface area contributed by atoms with Crippen LogP contribution in [0, 0.1) is 28.4 Å². The van der Waals surface area contributed by atoms with Crippen LogP contribution < -0.4 is 14.6 Å². The molecule has 184 valence electrons. The Labute approximate surface area is 211 Å². The molecule has 0 radical (unpaired) electrons. The van der Waals surface area contributed by atoms with Crippen LogP contribution in [0.3, 0.4) is 0 Å². The van der Waals surface area contributed by atoms with Crippen LogP contribution in [0.2, 0.25) is 0 Å². The Hall–Kier alpha value is -5.17. The lowest BCUT2D eigenvalue weighted by Crippen LogP contribution is -2.28. The first-order valence-corrected chi connectivity index (χ1v) is 11.6. The number of benzene rings is 2. The molecule has 3 aromatic heterocycles. The number of pyridine rings is 1. The molecule has 0 aliphatic rings. The number of fused-ring (bicyclic) bond motifs is 3. The van der Waals surface area contributed by atoms with Crippen molar-refractivity contribution in [2.45, 2.75) is 20.3 Å². The van der Waals surface area contributed by atoms with Gasteiger partial charge in [-0.15, -0.1) is 5.10 Å². The van der Waals surface area contributed by atoms with Gasteiger partial charge in [0.1, 0.15) is 46.2 Å². The van der Waals surface area contributed by atoms with Gasteiger partial charge in [-0.05, 0) is 49.2 Å². The number of methoxy groups -OCH3 is 1. The third-order valence-electron chi connectivity index (χ3n) is 6.31. The monoisotopic (exact) mass is 495 g/mol. The molecular formula is C27H23N6O4+. The Kier molecular flexibility index (Phi) is 6.03. The van der Waals surface area contributed by atoms with E-state index in [2.05, 4.69) is 21.6 Å². The SMILES string of the molecule is CCc1c(C)c(C#N)c2[nH]c3ccccc3[n+]2c1NN=Cc1ccc(-c2cc([N+](=O)[O-])ccc2OC)o1. The van der Waals surface area contributed by atoms with E-state index in [4.69, 9.17) is 9.15 Å². The smallest absolute Gasteiger partial charge is 0.270 e. The number of imidazole rings is 1. The Balaban J connectivity index is 1.53. The number of anilines is 1. The molecule has 0 aliphatic carbocycles. The number of nitrogens with zero attached hydrogens (tertiary/aromatic N) is 4. The Morgan fingerprint density at radius 2 is 2.08 bits per heavy atom. The third-order valence-corrected chi connectivity index (χ3v) is 6.31.